The zero-order valence-corrected chi connectivity index (χ0v) is 11.8. The fourth-order valence-electron chi connectivity index (χ4n) is 1.40. The number of aromatic nitrogens is 1. The van der Waals surface area contributed by atoms with Crippen molar-refractivity contribution in [2.45, 2.75) is 30.6 Å². The van der Waals surface area contributed by atoms with Gasteiger partial charge in [0.25, 0.3) is 0 Å². The number of hydrogen-bond donors (Lipinski definition) is 2. The monoisotopic (exact) mass is 322 g/mol. The van der Waals surface area contributed by atoms with Gasteiger partial charge in [0.2, 0.25) is 5.91 Å². The van der Waals surface area contributed by atoms with Gasteiger partial charge in [-0.1, -0.05) is 11.8 Å². The number of amides is 1. The van der Waals surface area contributed by atoms with E-state index in [1.807, 2.05) is 0 Å². The molecule has 1 amide bonds. The molecule has 1 aromatic rings. The molecule has 1 unspecified atom stereocenters. The van der Waals surface area contributed by atoms with Crippen molar-refractivity contribution in [2.75, 3.05) is 5.75 Å². The number of rotatable bonds is 6. The second kappa shape index (κ2) is 7.30. The molecule has 1 heterocycles. The number of hydrogen-bond acceptors (Lipinski definition) is 4. The number of carboxylic acids is 1. The fraction of sp³-hybridized carbons (Fsp3) is 0.417. The van der Waals surface area contributed by atoms with E-state index in [4.69, 9.17) is 5.11 Å². The second-order valence-electron chi connectivity index (χ2n) is 4.24. The average Bonchev–Trinajstić information content (AvgIpc) is 2.34. The lowest BCUT2D eigenvalue weighted by Crippen LogP contribution is -2.35. The quantitative estimate of drug-likeness (QED) is 0.785. The van der Waals surface area contributed by atoms with Crippen LogP contribution in [0, 0.1) is 0 Å². The largest absolute Gasteiger partial charge is 0.481 e. The van der Waals surface area contributed by atoms with Gasteiger partial charge < -0.3 is 10.4 Å². The smallest absolute Gasteiger partial charge is 0.417 e. The van der Waals surface area contributed by atoms with Gasteiger partial charge in [-0.3, -0.25) is 9.59 Å². The minimum absolute atomic E-state index is 0.0533. The molecule has 0 spiro atoms. The van der Waals surface area contributed by atoms with Crippen LogP contribution in [0.4, 0.5) is 13.2 Å². The van der Waals surface area contributed by atoms with Crippen LogP contribution in [0.15, 0.2) is 23.4 Å². The van der Waals surface area contributed by atoms with E-state index in [0.29, 0.717) is 6.20 Å². The van der Waals surface area contributed by atoms with Crippen molar-refractivity contribution >= 4 is 23.6 Å². The summed E-state index contributed by atoms with van der Waals surface area (Å²) in [6, 6.07) is 1.55. The number of nitrogens with one attached hydrogen (secondary N) is 1. The van der Waals surface area contributed by atoms with Gasteiger partial charge in [0, 0.05) is 12.2 Å². The Morgan fingerprint density at radius 3 is 2.57 bits per heavy atom. The summed E-state index contributed by atoms with van der Waals surface area (Å²) in [5.74, 6) is -1.49. The topological polar surface area (TPSA) is 79.3 Å². The molecule has 1 atom stereocenters. The highest BCUT2D eigenvalue weighted by Gasteiger charge is 2.30. The number of nitrogens with zero attached hydrogens (tertiary/aromatic N) is 1. The van der Waals surface area contributed by atoms with Crippen LogP contribution in [-0.2, 0) is 15.8 Å². The van der Waals surface area contributed by atoms with E-state index in [0.717, 1.165) is 17.8 Å². The Balaban J connectivity index is 2.45. The Labute approximate surface area is 122 Å². The average molecular weight is 322 g/mol. The van der Waals surface area contributed by atoms with E-state index >= 15 is 0 Å². The van der Waals surface area contributed by atoms with Gasteiger partial charge in [-0.25, -0.2) is 4.98 Å². The lowest BCUT2D eigenvalue weighted by Gasteiger charge is -2.11. The Kier molecular flexibility index (Phi) is 6.01. The van der Waals surface area contributed by atoms with Crippen LogP contribution < -0.4 is 5.32 Å². The number of carboxylic acid groups (broad SMARTS) is 1. The molecule has 2 N–H and O–H groups in total. The first-order valence-electron chi connectivity index (χ1n) is 5.85. The second-order valence-corrected chi connectivity index (χ2v) is 5.23. The zero-order valence-electron chi connectivity index (χ0n) is 11.0. The molecular formula is C12H13F3N2O3S. The van der Waals surface area contributed by atoms with Crippen LogP contribution >= 0.6 is 11.8 Å². The molecule has 0 bridgehead atoms. The maximum absolute atomic E-state index is 12.3. The van der Waals surface area contributed by atoms with E-state index in [9.17, 15) is 22.8 Å². The van der Waals surface area contributed by atoms with Gasteiger partial charge in [-0.2, -0.15) is 13.2 Å². The first-order chi connectivity index (χ1) is 9.68. The van der Waals surface area contributed by atoms with Crippen molar-refractivity contribution in [2.24, 2.45) is 0 Å². The van der Waals surface area contributed by atoms with E-state index in [1.54, 1.807) is 6.92 Å². The van der Waals surface area contributed by atoms with Crippen LogP contribution in [0.2, 0.25) is 0 Å². The normalized spacial score (nSPS) is 12.8. The van der Waals surface area contributed by atoms with E-state index in [1.165, 1.54) is 6.07 Å². The summed E-state index contributed by atoms with van der Waals surface area (Å²) in [7, 11) is 0. The molecule has 0 fully saturated rings. The Morgan fingerprint density at radius 2 is 2.10 bits per heavy atom. The van der Waals surface area contributed by atoms with Gasteiger partial charge >= 0.3 is 12.1 Å². The molecule has 1 aromatic heterocycles. The van der Waals surface area contributed by atoms with Gasteiger partial charge in [-0.05, 0) is 19.1 Å². The number of pyridine rings is 1. The third-order valence-corrected chi connectivity index (χ3v) is 3.25. The van der Waals surface area contributed by atoms with Gasteiger partial charge in [-0.15, -0.1) is 0 Å². The van der Waals surface area contributed by atoms with Crippen LogP contribution in [0.5, 0.6) is 0 Å². The number of halogens is 3. The van der Waals surface area contributed by atoms with Gasteiger partial charge in [0.1, 0.15) is 0 Å². The summed E-state index contributed by atoms with van der Waals surface area (Å²) in [4.78, 5) is 25.5. The first-order valence-corrected chi connectivity index (χ1v) is 6.84. The molecule has 1 rings (SSSR count). The molecule has 116 valence electrons. The number of thioether (sulfide) groups is 1. The molecule has 0 radical (unpaired) electrons. The number of carbonyl (C=O) groups excluding carboxylic acids is 1. The zero-order chi connectivity index (χ0) is 16.0. The van der Waals surface area contributed by atoms with Gasteiger partial charge in [0.15, 0.2) is 0 Å². The van der Waals surface area contributed by atoms with Crippen LogP contribution in [0.1, 0.15) is 18.9 Å². The SMILES string of the molecule is CC(CC(=O)O)NC(=O)CSc1ccc(C(F)(F)F)cn1. The summed E-state index contributed by atoms with van der Waals surface area (Å²) in [6.07, 6.45) is -3.94. The molecule has 0 aromatic carbocycles. The van der Waals surface area contributed by atoms with E-state index < -0.39 is 29.7 Å². The Bertz CT molecular complexity index is 505. The number of alkyl halides is 3. The lowest BCUT2D eigenvalue weighted by atomic mass is 10.2. The fourth-order valence-corrected chi connectivity index (χ4v) is 2.06. The summed E-state index contributed by atoms with van der Waals surface area (Å²) in [5, 5.41) is 11.3. The number of carbonyl (C=O) groups is 2. The van der Waals surface area contributed by atoms with Crippen molar-refractivity contribution in [3.05, 3.63) is 23.9 Å². The third-order valence-electron chi connectivity index (χ3n) is 2.30. The summed E-state index contributed by atoms with van der Waals surface area (Å²) >= 11 is 0.971. The maximum Gasteiger partial charge on any atom is 0.417 e. The van der Waals surface area contributed by atoms with Crippen molar-refractivity contribution < 1.29 is 27.9 Å². The molecular weight excluding hydrogens is 309 g/mol. The minimum atomic E-state index is -4.44. The molecule has 21 heavy (non-hydrogen) atoms. The predicted molar refractivity (Wildman–Crippen MR) is 69.8 cm³/mol. The Morgan fingerprint density at radius 1 is 1.43 bits per heavy atom. The van der Waals surface area contributed by atoms with E-state index in [2.05, 4.69) is 10.3 Å². The summed E-state index contributed by atoms with van der Waals surface area (Å²) in [5.41, 5.74) is -0.855. The Hall–Kier alpha value is -1.77. The van der Waals surface area contributed by atoms with Crippen LogP contribution in [0.25, 0.3) is 0 Å². The standard InChI is InChI=1S/C12H13F3N2O3S/c1-7(4-11(19)20)17-9(18)6-21-10-3-2-8(5-16-10)12(13,14)15/h2-3,5,7H,4,6H2,1H3,(H,17,18)(H,19,20). The molecule has 0 saturated carbocycles. The first kappa shape index (κ1) is 17.3. The van der Waals surface area contributed by atoms with Crippen molar-refractivity contribution in [3.8, 4) is 0 Å². The van der Waals surface area contributed by atoms with Crippen LogP contribution in [0.3, 0.4) is 0 Å². The molecule has 9 heteroatoms. The highest BCUT2D eigenvalue weighted by Crippen LogP contribution is 2.29. The predicted octanol–water partition coefficient (Wildman–Crippen LogP) is 2.17. The molecule has 5 nitrogen and oxygen atoms in total. The van der Waals surface area contributed by atoms with Gasteiger partial charge in [0.05, 0.1) is 22.8 Å². The summed E-state index contributed by atoms with van der Waals surface area (Å²) < 4.78 is 37.0. The van der Waals surface area contributed by atoms with Crippen molar-refractivity contribution in [1.29, 1.82) is 0 Å². The van der Waals surface area contributed by atoms with Crippen molar-refractivity contribution in [3.63, 3.8) is 0 Å². The van der Waals surface area contributed by atoms with Crippen molar-refractivity contribution in [1.82, 2.24) is 10.3 Å². The van der Waals surface area contributed by atoms with E-state index in [-0.39, 0.29) is 17.2 Å². The highest BCUT2D eigenvalue weighted by molar-refractivity contribution is 7.99. The molecule has 0 aliphatic carbocycles. The maximum atomic E-state index is 12.3. The molecule has 0 aliphatic rings. The summed E-state index contributed by atoms with van der Waals surface area (Å²) in [6.45, 7) is 1.55. The number of aliphatic carboxylic acids is 1. The highest BCUT2D eigenvalue weighted by atomic mass is 32.2. The molecule has 0 aliphatic heterocycles. The molecule has 0 saturated heterocycles. The lowest BCUT2D eigenvalue weighted by molar-refractivity contribution is -0.138. The van der Waals surface area contributed by atoms with Crippen LogP contribution in [-0.4, -0.2) is 33.8 Å². The third kappa shape index (κ3) is 6.48. The minimum Gasteiger partial charge on any atom is -0.481 e.